The maximum atomic E-state index is 8.90. The van der Waals surface area contributed by atoms with Gasteiger partial charge in [0.25, 0.3) is 0 Å². The summed E-state index contributed by atoms with van der Waals surface area (Å²) < 4.78 is 0. The van der Waals surface area contributed by atoms with Crippen LogP contribution in [-0.4, -0.2) is 61.4 Å². The zero-order valence-electron chi connectivity index (χ0n) is 12.0. The molecule has 4 nitrogen and oxygen atoms in total. The first kappa shape index (κ1) is 23.5. The molecule has 0 radical (unpaired) electrons. The van der Waals surface area contributed by atoms with Crippen LogP contribution in [0, 0.1) is 0 Å². The highest BCUT2D eigenvalue weighted by molar-refractivity contribution is 6.15. The smallest absolute Gasteiger partial charge is 0.0584 e. The Morgan fingerprint density at radius 3 is 1.22 bits per heavy atom. The summed E-state index contributed by atoms with van der Waals surface area (Å²) in [6, 6.07) is 0.400. The SMILES string of the molecule is CCC(CO)NCCNC(CC)CO.CCl.CCl. The Bertz CT molecular complexity index is 111. The van der Waals surface area contributed by atoms with Crippen LogP contribution in [0.25, 0.3) is 0 Å². The number of alkyl halides is 2. The lowest BCUT2D eigenvalue weighted by molar-refractivity contribution is 0.229. The van der Waals surface area contributed by atoms with E-state index in [-0.39, 0.29) is 25.3 Å². The fraction of sp³-hybridized carbons (Fsp3) is 1.00. The number of hydrogen-bond donors (Lipinski definition) is 4. The molecule has 0 bridgehead atoms. The normalized spacial score (nSPS) is 12.7. The van der Waals surface area contributed by atoms with Gasteiger partial charge in [0.2, 0.25) is 0 Å². The van der Waals surface area contributed by atoms with Crippen molar-refractivity contribution in [2.45, 2.75) is 38.8 Å². The number of nitrogens with one attached hydrogen (secondary N) is 2. The Balaban J connectivity index is -0.000000506. The van der Waals surface area contributed by atoms with Crippen LogP contribution in [0.15, 0.2) is 0 Å². The van der Waals surface area contributed by atoms with Gasteiger partial charge in [-0.25, -0.2) is 0 Å². The molecular formula is C12H30Cl2N2O2. The maximum Gasteiger partial charge on any atom is 0.0584 e. The molecule has 0 aliphatic carbocycles. The predicted molar refractivity (Wildman–Crippen MR) is 81.9 cm³/mol. The highest BCUT2D eigenvalue weighted by Crippen LogP contribution is 1.89. The lowest BCUT2D eigenvalue weighted by atomic mass is 10.2. The summed E-state index contributed by atoms with van der Waals surface area (Å²) in [4.78, 5) is 0. The molecule has 0 aliphatic heterocycles. The predicted octanol–water partition coefficient (Wildman–Crippen LogP) is 1.42. The van der Waals surface area contributed by atoms with Gasteiger partial charge in [-0.15, -0.1) is 23.2 Å². The summed E-state index contributed by atoms with van der Waals surface area (Å²) in [7, 11) is 0. The van der Waals surface area contributed by atoms with Gasteiger partial charge in [0, 0.05) is 37.9 Å². The molecule has 4 N–H and O–H groups in total. The van der Waals surface area contributed by atoms with E-state index in [2.05, 4.69) is 33.8 Å². The summed E-state index contributed by atoms with van der Waals surface area (Å²) in [5.41, 5.74) is 0. The molecule has 0 saturated heterocycles. The zero-order chi connectivity index (χ0) is 14.8. The Morgan fingerprint density at radius 1 is 0.778 bits per heavy atom. The van der Waals surface area contributed by atoms with Gasteiger partial charge in [0.1, 0.15) is 0 Å². The molecule has 0 aliphatic rings. The molecule has 6 heteroatoms. The van der Waals surface area contributed by atoms with Crippen LogP contribution in [0.4, 0.5) is 0 Å². The van der Waals surface area contributed by atoms with Crippen LogP contribution in [0.5, 0.6) is 0 Å². The number of aliphatic hydroxyl groups excluding tert-OH is 2. The zero-order valence-corrected chi connectivity index (χ0v) is 13.6. The van der Waals surface area contributed by atoms with Crippen molar-refractivity contribution in [1.29, 1.82) is 0 Å². The summed E-state index contributed by atoms with van der Waals surface area (Å²) in [5.74, 6) is 0. The monoisotopic (exact) mass is 304 g/mol. The molecule has 0 aromatic carbocycles. The van der Waals surface area contributed by atoms with Crippen LogP contribution >= 0.6 is 23.2 Å². The number of halogens is 2. The van der Waals surface area contributed by atoms with E-state index in [1.54, 1.807) is 0 Å². The minimum absolute atomic E-state index is 0.188. The minimum Gasteiger partial charge on any atom is -0.395 e. The number of rotatable bonds is 9. The van der Waals surface area contributed by atoms with Gasteiger partial charge in [-0.05, 0) is 12.8 Å². The van der Waals surface area contributed by atoms with Crippen LogP contribution < -0.4 is 10.6 Å². The third-order valence-electron chi connectivity index (χ3n) is 2.42. The van der Waals surface area contributed by atoms with Crippen LogP contribution in [0.3, 0.4) is 0 Å². The van der Waals surface area contributed by atoms with E-state index in [0.29, 0.717) is 0 Å². The van der Waals surface area contributed by atoms with E-state index in [9.17, 15) is 0 Å². The van der Waals surface area contributed by atoms with Crippen LogP contribution in [0.1, 0.15) is 26.7 Å². The van der Waals surface area contributed by atoms with Crippen LogP contribution in [-0.2, 0) is 0 Å². The van der Waals surface area contributed by atoms with E-state index in [1.165, 1.54) is 12.8 Å². The van der Waals surface area contributed by atoms with Gasteiger partial charge in [0.05, 0.1) is 13.2 Å². The summed E-state index contributed by atoms with van der Waals surface area (Å²) in [6.07, 6.45) is 4.82. The van der Waals surface area contributed by atoms with Gasteiger partial charge >= 0.3 is 0 Å². The third-order valence-corrected chi connectivity index (χ3v) is 2.42. The molecular weight excluding hydrogens is 275 g/mol. The number of hydrogen-bond acceptors (Lipinski definition) is 4. The average Bonchev–Trinajstić information content (AvgIpc) is 2.47. The minimum atomic E-state index is 0.188. The fourth-order valence-corrected chi connectivity index (χ4v) is 1.23. The summed E-state index contributed by atoms with van der Waals surface area (Å²) in [5, 5.41) is 24.3. The summed E-state index contributed by atoms with van der Waals surface area (Å²) >= 11 is 9.28. The topological polar surface area (TPSA) is 64.5 Å². The van der Waals surface area contributed by atoms with Crippen molar-refractivity contribution in [1.82, 2.24) is 10.6 Å². The first-order chi connectivity index (χ1) is 8.78. The summed E-state index contributed by atoms with van der Waals surface area (Å²) in [6.45, 7) is 6.13. The Hall–Kier alpha value is 0.420. The van der Waals surface area contributed by atoms with Crippen molar-refractivity contribution < 1.29 is 10.2 Å². The Morgan fingerprint density at radius 2 is 1.06 bits per heavy atom. The van der Waals surface area contributed by atoms with E-state index in [1.807, 2.05) is 13.8 Å². The van der Waals surface area contributed by atoms with Gasteiger partial charge in [0.15, 0.2) is 0 Å². The van der Waals surface area contributed by atoms with Crippen molar-refractivity contribution >= 4 is 23.2 Å². The maximum absolute atomic E-state index is 8.90. The van der Waals surface area contributed by atoms with Crippen molar-refractivity contribution in [2.75, 3.05) is 39.1 Å². The highest BCUT2D eigenvalue weighted by Gasteiger charge is 2.04. The highest BCUT2D eigenvalue weighted by atomic mass is 35.5. The second kappa shape index (κ2) is 22.6. The largest absolute Gasteiger partial charge is 0.395 e. The molecule has 2 atom stereocenters. The average molecular weight is 305 g/mol. The van der Waals surface area contributed by atoms with E-state index < -0.39 is 0 Å². The second-order valence-corrected chi connectivity index (χ2v) is 3.48. The van der Waals surface area contributed by atoms with Crippen LogP contribution in [0.2, 0.25) is 0 Å². The van der Waals surface area contributed by atoms with Gasteiger partial charge in [-0.1, -0.05) is 13.8 Å². The van der Waals surface area contributed by atoms with E-state index in [4.69, 9.17) is 10.2 Å². The molecule has 0 spiro atoms. The lowest BCUT2D eigenvalue weighted by Gasteiger charge is -2.17. The van der Waals surface area contributed by atoms with E-state index in [0.717, 1.165) is 25.9 Å². The van der Waals surface area contributed by atoms with Crippen molar-refractivity contribution in [3.63, 3.8) is 0 Å². The Labute approximate surface area is 122 Å². The quantitative estimate of drug-likeness (QED) is 0.384. The molecule has 18 heavy (non-hydrogen) atoms. The molecule has 0 aromatic heterocycles. The van der Waals surface area contributed by atoms with Crippen molar-refractivity contribution in [3.05, 3.63) is 0 Å². The fourth-order valence-electron chi connectivity index (χ4n) is 1.23. The Kier molecular flexibility index (Phi) is 29.5. The molecule has 0 heterocycles. The molecule has 0 saturated carbocycles. The van der Waals surface area contributed by atoms with Gasteiger partial charge in [-0.3, -0.25) is 0 Å². The van der Waals surface area contributed by atoms with Gasteiger partial charge in [-0.2, -0.15) is 0 Å². The third kappa shape index (κ3) is 16.4. The molecule has 0 aromatic rings. The van der Waals surface area contributed by atoms with Crippen molar-refractivity contribution in [2.24, 2.45) is 0 Å². The molecule has 0 amide bonds. The molecule has 2 unspecified atom stereocenters. The second-order valence-electron chi connectivity index (χ2n) is 3.48. The lowest BCUT2D eigenvalue weighted by Crippen LogP contribution is -2.40. The first-order valence-corrected chi connectivity index (χ1v) is 7.73. The van der Waals surface area contributed by atoms with E-state index >= 15 is 0 Å². The first-order valence-electron chi connectivity index (χ1n) is 6.22. The van der Waals surface area contributed by atoms with Gasteiger partial charge < -0.3 is 20.8 Å². The number of aliphatic hydroxyl groups is 2. The molecule has 114 valence electrons. The standard InChI is InChI=1S/C10H24N2O2.2CH3Cl/c1-3-9(7-13)11-5-6-12-10(4-2)8-14;2*1-2/h9-14H,3-8H2,1-2H3;2*1H3. The molecule has 0 fully saturated rings. The molecule has 0 rings (SSSR count). The van der Waals surface area contributed by atoms with Crippen molar-refractivity contribution in [3.8, 4) is 0 Å².